The number of amides is 1. The molecule has 1 fully saturated rings. The molecule has 0 unspecified atom stereocenters. The van der Waals surface area contributed by atoms with Crippen LogP contribution in [0.4, 0.5) is 10.2 Å². The predicted octanol–water partition coefficient (Wildman–Crippen LogP) is 4.69. The summed E-state index contributed by atoms with van der Waals surface area (Å²) in [5, 5.41) is 0. The van der Waals surface area contributed by atoms with Crippen molar-refractivity contribution in [2.45, 2.75) is 59.8 Å². The van der Waals surface area contributed by atoms with Gasteiger partial charge in [-0.3, -0.25) is 4.79 Å². The van der Waals surface area contributed by atoms with Crippen molar-refractivity contribution in [2.75, 3.05) is 31.1 Å². The first kappa shape index (κ1) is 23.2. The number of aromatic nitrogens is 2. The van der Waals surface area contributed by atoms with Gasteiger partial charge in [0.05, 0.1) is 0 Å². The molecule has 0 bridgehead atoms. The van der Waals surface area contributed by atoms with Gasteiger partial charge in [0.25, 0.3) is 0 Å². The molecule has 1 saturated heterocycles. The topological polar surface area (TPSA) is 49.3 Å². The SMILES string of the molecule is CCCC[C@H](CC)C(=O)N1CCN(c2nc(C)nc(C)c2Cc2ccccc2F)CC1. The van der Waals surface area contributed by atoms with Crippen molar-refractivity contribution >= 4 is 11.7 Å². The fraction of sp³-hybridized carbons (Fsp3) is 0.560. The van der Waals surface area contributed by atoms with Crippen LogP contribution in [0.15, 0.2) is 24.3 Å². The Morgan fingerprint density at radius 2 is 1.81 bits per heavy atom. The molecule has 3 rings (SSSR count). The van der Waals surface area contributed by atoms with Crippen LogP contribution in [0.5, 0.6) is 0 Å². The van der Waals surface area contributed by atoms with E-state index in [4.69, 9.17) is 4.98 Å². The molecule has 2 heterocycles. The number of hydrogen-bond donors (Lipinski definition) is 0. The third-order valence-electron chi connectivity index (χ3n) is 6.27. The van der Waals surface area contributed by atoms with Gasteiger partial charge in [0, 0.05) is 49.8 Å². The average molecular weight is 427 g/mol. The number of carbonyl (C=O) groups excluding carboxylic acids is 1. The molecule has 1 atom stereocenters. The third kappa shape index (κ3) is 5.60. The summed E-state index contributed by atoms with van der Waals surface area (Å²) in [5.41, 5.74) is 2.49. The Kier molecular flexibility index (Phi) is 7.99. The van der Waals surface area contributed by atoms with Gasteiger partial charge < -0.3 is 9.80 Å². The first-order valence-corrected chi connectivity index (χ1v) is 11.6. The summed E-state index contributed by atoms with van der Waals surface area (Å²) >= 11 is 0. The lowest BCUT2D eigenvalue weighted by atomic mass is 9.97. The predicted molar refractivity (Wildman–Crippen MR) is 123 cm³/mol. The Morgan fingerprint density at radius 1 is 1.10 bits per heavy atom. The van der Waals surface area contributed by atoms with Crippen LogP contribution >= 0.6 is 0 Å². The number of aryl methyl sites for hydroxylation is 2. The van der Waals surface area contributed by atoms with Crippen molar-refractivity contribution in [3.63, 3.8) is 0 Å². The van der Waals surface area contributed by atoms with Gasteiger partial charge in [-0.25, -0.2) is 14.4 Å². The Labute approximate surface area is 185 Å². The maximum absolute atomic E-state index is 14.3. The molecule has 0 aliphatic carbocycles. The summed E-state index contributed by atoms with van der Waals surface area (Å²) in [5.74, 6) is 1.80. The monoisotopic (exact) mass is 426 g/mol. The highest BCUT2D eigenvalue weighted by molar-refractivity contribution is 5.79. The molecule has 1 aliphatic heterocycles. The highest BCUT2D eigenvalue weighted by Crippen LogP contribution is 2.26. The zero-order chi connectivity index (χ0) is 22.4. The van der Waals surface area contributed by atoms with E-state index in [1.807, 2.05) is 30.9 Å². The molecule has 2 aromatic rings. The lowest BCUT2D eigenvalue weighted by Gasteiger charge is -2.38. The molecule has 5 nitrogen and oxygen atoms in total. The molecule has 1 aromatic heterocycles. The van der Waals surface area contributed by atoms with Crippen LogP contribution in [0.3, 0.4) is 0 Å². The smallest absolute Gasteiger partial charge is 0.225 e. The van der Waals surface area contributed by atoms with E-state index in [1.54, 1.807) is 6.07 Å². The first-order chi connectivity index (χ1) is 14.9. The van der Waals surface area contributed by atoms with E-state index < -0.39 is 0 Å². The summed E-state index contributed by atoms with van der Waals surface area (Å²) in [6.07, 6.45) is 4.55. The second kappa shape index (κ2) is 10.7. The van der Waals surface area contributed by atoms with Crippen molar-refractivity contribution in [1.29, 1.82) is 0 Å². The summed E-state index contributed by atoms with van der Waals surface area (Å²) in [6.45, 7) is 11.0. The van der Waals surface area contributed by atoms with Crippen molar-refractivity contribution < 1.29 is 9.18 Å². The zero-order valence-electron chi connectivity index (χ0n) is 19.3. The molecule has 0 saturated carbocycles. The zero-order valence-corrected chi connectivity index (χ0v) is 19.3. The highest BCUT2D eigenvalue weighted by Gasteiger charge is 2.28. The Balaban J connectivity index is 1.75. The maximum atomic E-state index is 14.3. The van der Waals surface area contributed by atoms with E-state index in [1.165, 1.54) is 6.07 Å². The van der Waals surface area contributed by atoms with Crippen LogP contribution in [0.2, 0.25) is 0 Å². The van der Waals surface area contributed by atoms with E-state index in [-0.39, 0.29) is 17.6 Å². The number of halogens is 1. The van der Waals surface area contributed by atoms with Gasteiger partial charge in [0.2, 0.25) is 5.91 Å². The van der Waals surface area contributed by atoms with Crippen LogP contribution in [0.25, 0.3) is 0 Å². The fourth-order valence-corrected chi connectivity index (χ4v) is 4.37. The van der Waals surface area contributed by atoms with Gasteiger partial charge in [-0.1, -0.05) is 44.9 Å². The Hall–Kier alpha value is -2.50. The summed E-state index contributed by atoms with van der Waals surface area (Å²) in [6, 6.07) is 6.87. The number of piperazine rings is 1. The number of nitrogens with zero attached hydrogens (tertiary/aromatic N) is 4. The van der Waals surface area contributed by atoms with E-state index >= 15 is 0 Å². The number of anilines is 1. The van der Waals surface area contributed by atoms with Gasteiger partial charge in [-0.05, 0) is 38.3 Å². The number of hydrogen-bond acceptors (Lipinski definition) is 4. The fourth-order valence-electron chi connectivity index (χ4n) is 4.37. The normalized spacial score (nSPS) is 15.3. The van der Waals surface area contributed by atoms with Crippen LogP contribution in [-0.2, 0) is 11.2 Å². The van der Waals surface area contributed by atoms with E-state index in [0.717, 1.165) is 55.8 Å². The van der Waals surface area contributed by atoms with Crippen LogP contribution in [0.1, 0.15) is 62.2 Å². The van der Waals surface area contributed by atoms with Crippen LogP contribution < -0.4 is 4.90 Å². The number of rotatable bonds is 8. The second-order valence-corrected chi connectivity index (χ2v) is 8.49. The van der Waals surface area contributed by atoms with Crippen LogP contribution in [-0.4, -0.2) is 47.0 Å². The molecule has 6 heteroatoms. The molecule has 1 aromatic carbocycles. The maximum Gasteiger partial charge on any atom is 0.225 e. The quantitative estimate of drug-likeness (QED) is 0.615. The minimum Gasteiger partial charge on any atom is -0.353 e. The number of carbonyl (C=O) groups is 1. The average Bonchev–Trinajstić information content (AvgIpc) is 2.77. The molecule has 31 heavy (non-hydrogen) atoms. The van der Waals surface area contributed by atoms with Crippen LogP contribution in [0, 0.1) is 25.6 Å². The molecular weight excluding hydrogens is 391 g/mol. The molecule has 0 radical (unpaired) electrons. The molecular formula is C25H35FN4O. The summed E-state index contributed by atoms with van der Waals surface area (Å²) in [7, 11) is 0. The van der Waals surface area contributed by atoms with Crippen molar-refractivity contribution in [3.8, 4) is 0 Å². The van der Waals surface area contributed by atoms with Crippen molar-refractivity contribution in [2.24, 2.45) is 5.92 Å². The van der Waals surface area contributed by atoms with E-state index in [0.29, 0.717) is 30.9 Å². The number of unbranched alkanes of at least 4 members (excludes halogenated alkanes) is 1. The van der Waals surface area contributed by atoms with Gasteiger partial charge in [-0.2, -0.15) is 0 Å². The van der Waals surface area contributed by atoms with Crippen molar-refractivity contribution in [3.05, 3.63) is 52.7 Å². The molecule has 1 aliphatic rings. The minimum atomic E-state index is -0.207. The highest BCUT2D eigenvalue weighted by atomic mass is 19.1. The number of benzene rings is 1. The molecule has 1 amide bonds. The van der Waals surface area contributed by atoms with Gasteiger partial charge in [0.15, 0.2) is 0 Å². The first-order valence-electron chi connectivity index (χ1n) is 11.6. The largest absolute Gasteiger partial charge is 0.353 e. The molecule has 168 valence electrons. The third-order valence-corrected chi connectivity index (χ3v) is 6.27. The molecule has 0 spiro atoms. The van der Waals surface area contributed by atoms with Gasteiger partial charge >= 0.3 is 0 Å². The standard InChI is InChI=1S/C25H35FN4O/c1-5-7-10-20(6-2)25(31)30-15-13-29(14-16-30)24-22(18(3)27-19(4)28-24)17-21-11-8-9-12-23(21)26/h8-9,11-12,20H,5-7,10,13-17H2,1-4H3/t20-/m0/s1. The van der Waals surface area contributed by atoms with E-state index in [2.05, 4.69) is 23.7 Å². The van der Waals surface area contributed by atoms with E-state index in [9.17, 15) is 9.18 Å². The van der Waals surface area contributed by atoms with Gasteiger partial charge in [0.1, 0.15) is 17.5 Å². The second-order valence-electron chi connectivity index (χ2n) is 8.49. The summed E-state index contributed by atoms with van der Waals surface area (Å²) < 4.78 is 14.3. The van der Waals surface area contributed by atoms with Crippen molar-refractivity contribution in [1.82, 2.24) is 14.9 Å². The lowest BCUT2D eigenvalue weighted by molar-refractivity contribution is -0.136. The lowest BCUT2D eigenvalue weighted by Crippen LogP contribution is -2.51. The Bertz CT molecular complexity index is 893. The van der Waals surface area contributed by atoms with Gasteiger partial charge in [-0.15, -0.1) is 0 Å². The molecule has 0 N–H and O–H groups in total. The Morgan fingerprint density at radius 3 is 2.45 bits per heavy atom. The summed E-state index contributed by atoms with van der Waals surface area (Å²) in [4.78, 5) is 26.5. The minimum absolute atomic E-state index is 0.131.